The standard InChI is InChI=1S/C16H25BN2O5/c1-14(2,12(20)21-7)10-22-13-18-8-11(9-19-13)17-23-15(3,4)16(5,6)24-17/h8-9H,10H2,1-7H3. The van der Waals surface area contributed by atoms with Crippen molar-refractivity contribution in [3.63, 3.8) is 0 Å². The molecule has 1 saturated heterocycles. The fraction of sp³-hybridized carbons (Fsp3) is 0.688. The van der Waals surface area contributed by atoms with Gasteiger partial charge in [-0.3, -0.25) is 4.79 Å². The molecule has 0 atom stereocenters. The van der Waals surface area contributed by atoms with E-state index in [1.165, 1.54) is 7.11 Å². The molecule has 1 aliphatic heterocycles. The van der Waals surface area contributed by atoms with Gasteiger partial charge in [0.1, 0.15) is 6.61 Å². The maximum absolute atomic E-state index is 11.6. The Morgan fingerprint density at radius 1 is 1.17 bits per heavy atom. The van der Waals surface area contributed by atoms with Gasteiger partial charge in [-0.2, -0.15) is 0 Å². The van der Waals surface area contributed by atoms with Crippen LogP contribution < -0.4 is 10.2 Å². The Morgan fingerprint density at radius 3 is 2.12 bits per heavy atom. The highest BCUT2D eigenvalue weighted by molar-refractivity contribution is 6.61. The molecular formula is C16H25BN2O5. The zero-order valence-corrected chi connectivity index (χ0v) is 15.4. The van der Waals surface area contributed by atoms with Gasteiger partial charge in [0.05, 0.1) is 23.7 Å². The number of rotatable bonds is 5. The van der Waals surface area contributed by atoms with E-state index in [0.29, 0.717) is 5.46 Å². The zero-order valence-electron chi connectivity index (χ0n) is 15.4. The van der Waals surface area contributed by atoms with Crippen molar-refractivity contribution in [2.24, 2.45) is 5.41 Å². The van der Waals surface area contributed by atoms with Crippen LogP contribution in [0.5, 0.6) is 6.01 Å². The van der Waals surface area contributed by atoms with E-state index in [9.17, 15) is 4.79 Å². The number of hydrogen-bond donors (Lipinski definition) is 0. The average Bonchev–Trinajstić information content (AvgIpc) is 2.73. The van der Waals surface area contributed by atoms with Crippen LogP contribution in [0.2, 0.25) is 0 Å². The summed E-state index contributed by atoms with van der Waals surface area (Å²) in [7, 11) is 0.829. The Hall–Kier alpha value is -1.67. The van der Waals surface area contributed by atoms with Crippen LogP contribution in [0.15, 0.2) is 12.4 Å². The quantitative estimate of drug-likeness (QED) is 0.593. The lowest BCUT2D eigenvalue weighted by Crippen LogP contribution is -2.41. The molecule has 7 nitrogen and oxygen atoms in total. The second-order valence-electron chi connectivity index (χ2n) is 7.55. The minimum atomic E-state index is -0.775. The summed E-state index contributed by atoms with van der Waals surface area (Å²) in [5.41, 5.74) is -0.898. The van der Waals surface area contributed by atoms with Crippen LogP contribution in [0, 0.1) is 5.41 Å². The molecule has 0 amide bonds. The Labute approximate surface area is 143 Å². The molecule has 0 aromatic carbocycles. The third-order valence-electron chi connectivity index (χ3n) is 4.47. The summed E-state index contributed by atoms with van der Waals surface area (Å²) in [5.74, 6) is -0.351. The van der Waals surface area contributed by atoms with Gasteiger partial charge >= 0.3 is 19.1 Å². The van der Waals surface area contributed by atoms with Gasteiger partial charge in [0.25, 0.3) is 0 Å². The highest BCUT2D eigenvalue weighted by atomic mass is 16.7. The number of nitrogens with zero attached hydrogens (tertiary/aromatic N) is 2. The molecule has 0 radical (unpaired) electrons. The lowest BCUT2D eigenvalue weighted by Gasteiger charge is -2.32. The summed E-state index contributed by atoms with van der Waals surface area (Å²) in [6.45, 7) is 11.5. The maximum Gasteiger partial charge on any atom is 0.498 e. The maximum atomic E-state index is 11.6. The highest BCUT2D eigenvalue weighted by Crippen LogP contribution is 2.36. The third-order valence-corrected chi connectivity index (χ3v) is 4.47. The van der Waals surface area contributed by atoms with Crippen LogP contribution >= 0.6 is 0 Å². The SMILES string of the molecule is COC(=O)C(C)(C)COc1ncc(B2OC(C)(C)C(C)(C)O2)cn1. The molecule has 1 aromatic rings. The van der Waals surface area contributed by atoms with Crippen molar-refractivity contribution in [2.45, 2.75) is 52.7 Å². The molecule has 8 heteroatoms. The van der Waals surface area contributed by atoms with E-state index in [2.05, 4.69) is 9.97 Å². The van der Waals surface area contributed by atoms with Gasteiger partial charge in [0.15, 0.2) is 0 Å². The van der Waals surface area contributed by atoms with Crippen LogP contribution in [0.1, 0.15) is 41.5 Å². The summed E-state index contributed by atoms with van der Waals surface area (Å²) in [5, 5.41) is 0. The minimum Gasteiger partial charge on any atom is -0.469 e. The molecule has 24 heavy (non-hydrogen) atoms. The van der Waals surface area contributed by atoms with Crippen molar-refractivity contribution in [1.82, 2.24) is 9.97 Å². The van der Waals surface area contributed by atoms with Gasteiger partial charge < -0.3 is 18.8 Å². The summed E-state index contributed by atoms with van der Waals surface area (Å²) in [6, 6.07) is 0.187. The average molecular weight is 336 g/mol. The molecule has 132 valence electrons. The lowest BCUT2D eigenvalue weighted by atomic mass is 9.81. The summed E-state index contributed by atoms with van der Waals surface area (Å²) in [4.78, 5) is 20.0. The highest BCUT2D eigenvalue weighted by Gasteiger charge is 2.52. The van der Waals surface area contributed by atoms with Gasteiger partial charge in [-0.25, -0.2) is 9.97 Å². The van der Waals surface area contributed by atoms with E-state index in [1.54, 1.807) is 26.2 Å². The first-order chi connectivity index (χ1) is 11.0. The number of ether oxygens (including phenoxy) is 2. The minimum absolute atomic E-state index is 0.121. The van der Waals surface area contributed by atoms with Crippen LogP contribution in [0.4, 0.5) is 0 Å². The van der Waals surface area contributed by atoms with E-state index in [4.69, 9.17) is 18.8 Å². The van der Waals surface area contributed by atoms with Crippen molar-refractivity contribution < 1.29 is 23.6 Å². The molecule has 0 bridgehead atoms. The molecule has 0 saturated carbocycles. The number of aromatic nitrogens is 2. The van der Waals surface area contributed by atoms with E-state index in [0.717, 1.165) is 0 Å². The lowest BCUT2D eigenvalue weighted by molar-refractivity contribution is -0.152. The Kier molecular flexibility index (Phi) is 4.92. The molecule has 1 aromatic heterocycles. The largest absolute Gasteiger partial charge is 0.498 e. The molecule has 0 spiro atoms. The summed E-state index contributed by atoms with van der Waals surface area (Å²) >= 11 is 0. The first kappa shape index (κ1) is 18.7. The number of methoxy groups -OCH3 is 1. The van der Waals surface area contributed by atoms with Crippen LogP contribution in [-0.2, 0) is 18.8 Å². The van der Waals surface area contributed by atoms with Gasteiger partial charge in [0, 0.05) is 17.9 Å². The Balaban J connectivity index is 2.01. The first-order valence-corrected chi connectivity index (χ1v) is 7.87. The van der Waals surface area contributed by atoms with Crippen LogP contribution in [0.3, 0.4) is 0 Å². The van der Waals surface area contributed by atoms with E-state index >= 15 is 0 Å². The number of esters is 1. The normalized spacial score (nSPS) is 19.2. The summed E-state index contributed by atoms with van der Waals surface area (Å²) < 4.78 is 22.1. The monoisotopic (exact) mass is 336 g/mol. The van der Waals surface area contributed by atoms with E-state index in [-0.39, 0.29) is 18.6 Å². The smallest absolute Gasteiger partial charge is 0.469 e. The Morgan fingerprint density at radius 2 is 1.67 bits per heavy atom. The molecule has 2 heterocycles. The molecule has 0 N–H and O–H groups in total. The molecule has 1 fully saturated rings. The van der Waals surface area contributed by atoms with Crippen LogP contribution in [0.25, 0.3) is 0 Å². The summed E-state index contributed by atoms with van der Waals surface area (Å²) in [6.07, 6.45) is 3.21. The Bertz CT molecular complexity index is 585. The van der Waals surface area contributed by atoms with Crippen molar-refractivity contribution in [3.8, 4) is 6.01 Å². The first-order valence-electron chi connectivity index (χ1n) is 7.87. The van der Waals surface area contributed by atoms with Crippen molar-refractivity contribution in [1.29, 1.82) is 0 Å². The zero-order chi connectivity index (χ0) is 18.2. The number of carbonyl (C=O) groups excluding carboxylic acids is 1. The molecule has 0 aliphatic carbocycles. The van der Waals surface area contributed by atoms with Crippen molar-refractivity contribution >= 4 is 18.6 Å². The van der Waals surface area contributed by atoms with E-state index in [1.807, 2.05) is 27.7 Å². The topological polar surface area (TPSA) is 79.8 Å². The molecule has 1 aliphatic rings. The number of hydrogen-bond acceptors (Lipinski definition) is 7. The van der Waals surface area contributed by atoms with Gasteiger partial charge in [0.2, 0.25) is 0 Å². The fourth-order valence-corrected chi connectivity index (χ4v) is 2.08. The third kappa shape index (κ3) is 3.70. The number of carbonyl (C=O) groups is 1. The molecule has 2 rings (SSSR count). The van der Waals surface area contributed by atoms with E-state index < -0.39 is 23.7 Å². The van der Waals surface area contributed by atoms with Gasteiger partial charge in [-0.05, 0) is 41.5 Å². The van der Waals surface area contributed by atoms with Crippen molar-refractivity contribution in [2.75, 3.05) is 13.7 Å². The second kappa shape index (κ2) is 6.33. The molecular weight excluding hydrogens is 311 g/mol. The fourth-order valence-electron chi connectivity index (χ4n) is 2.08. The van der Waals surface area contributed by atoms with Crippen LogP contribution in [-0.4, -0.2) is 48.0 Å². The predicted molar refractivity (Wildman–Crippen MR) is 89.0 cm³/mol. The second-order valence-corrected chi connectivity index (χ2v) is 7.55. The van der Waals surface area contributed by atoms with Gasteiger partial charge in [-0.15, -0.1) is 0 Å². The predicted octanol–water partition coefficient (Wildman–Crippen LogP) is 1.35. The molecule has 0 unspecified atom stereocenters. The van der Waals surface area contributed by atoms with Gasteiger partial charge in [-0.1, -0.05) is 0 Å². The van der Waals surface area contributed by atoms with Crippen molar-refractivity contribution in [3.05, 3.63) is 12.4 Å².